The number of likely N-dealkylation sites (tertiary alicyclic amines) is 1. The molecule has 96 valence electrons. The predicted octanol–water partition coefficient (Wildman–Crippen LogP) is 0.968. The summed E-state index contributed by atoms with van der Waals surface area (Å²) < 4.78 is 0. The van der Waals surface area contributed by atoms with Gasteiger partial charge in [-0.15, -0.1) is 0 Å². The van der Waals surface area contributed by atoms with Gasteiger partial charge in [-0.2, -0.15) is 0 Å². The van der Waals surface area contributed by atoms with Gasteiger partial charge in [-0.3, -0.25) is 14.9 Å². The maximum atomic E-state index is 12.1. The molecular weight excluding hydrogens is 236 g/mol. The van der Waals surface area contributed by atoms with Crippen LogP contribution in [0.4, 0.5) is 5.69 Å². The zero-order valence-corrected chi connectivity index (χ0v) is 10.00. The van der Waals surface area contributed by atoms with E-state index in [-0.39, 0.29) is 29.7 Å². The Morgan fingerprint density at radius 2 is 2.22 bits per heavy atom. The number of amides is 1. The Bertz CT molecular complexity index is 495. The summed E-state index contributed by atoms with van der Waals surface area (Å²) in [6.07, 6.45) is 0. The number of aliphatic hydroxyl groups is 1. The average molecular weight is 250 g/mol. The summed E-state index contributed by atoms with van der Waals surface area (Å²) in [6, 6.07) is 4.72. The normalized spacial score (nSPS) is 15.3. The Morgan fingerprint density at radius 3 is 2.78 bits per heavy atom. The fourth-order valence-corrected chi connectivity index (χ4v) is 2.10. The monoisotopic (exact) mass is 250 g/mol. The molecule has 6 nitrogen and oxygen atoms in total. The topological polar surface area (TPSA) is 83.7 Å². The van der Waals surface area contributed by atoms with Crippen LogP contribution in [0.1, 0.15) is 15.9 Å². The molecule has 18 heavy (non-hydrogen) atoms. The molecule has 0 bridgehead atoms. The smallest absolute Gasteiger partial charge is 0.285 e. The summed E-state index contributed by atoms with van der Waals surface area (Å²) in [4.78, 5) is 24.1. The quantitative estimate of drug-likeness (QED) is 0.640. The number of carbonyl (C=O) groups is 1. The van der Waals surface area contributed by atoms with E-state index in [1.165, 1.54) is 11.0 Å². The molecule has 0 spiro atoms. The molecule has 1 saturated heterocycles. The van der Waals surface area contributed by atoms with Crippen LogP contribution in [0.25, 0.3) is 0 Å². The zero-order chi connectivity index (χ0) is 13.3. The van der Waals surface area contributed by atoms with Gasteiger partial charge in [0.2, 0.25) is 0 Å². The lowest BCUT2D eigenvalue weighted by Crippen LogP contribution is -2.51. The van der Waals surface area contributed by atoms with Crippen LogP contribution in [0.5, 0.6) is 0 Å². The molecule has 0 atom stereocenters. The van der Waals surface area contributed by atoms with Gasteiger partial charge >= 0.3 is 0 Å². The number of nitrogens with zero attached hydrogens (tertiary/aromatic N) is 2. The van der Waals surface area contributed by atoms with E-state index in [0.29, 0.717) is 18.7 Å². The minimum atomic E-state index is -0.522. The Hall–Kier alpha value is -1.95. The Labute approximate surface area is 104 Å². The van der Waals surface area contributed by atoms with Crippen molar-refractivity contribution < 1.29 is 14.8 Å². The highest BCUT2D eigenvalue weighted by Crippen LogP contribution is 2.27. The maximum absolute atomic E-state index is 12.1. The summed E-state index contributed by atoms with van der Waals surface area (Å²) >= 11 is 0. The van der Waals surface area contributed by atoms with Crippen molar-refractivity contribution in [2.75, 3.05) is 19.7 Å². The molecule has 1 aliphatic rings. The highest BCUT2D eigenvalue weighted by atomic mass is 16.6. The molecule has 6 heteroatoms. The van der Waals surface area contributed by atoms with Crippen LogP contribution >= 0.6 is 0 Å². The van der Waals surface area contributed by atoms with E-state index in [1.54, 1.807) is 19.1 Å². The fourth-order valence-electron chi connectivity index (χ4n) is 2.10. The van der Waals surface area contributed by atoms with Crippen LogP contribution in [0.3, 0.4) is 0 Å². The third kappa shape index (κ3) is 2.06. The molecule has 1 heterocycles. The molecule has 0 unspecified atom stereocenters. The number of benzene rings is 1. The van der Waals surface area contributed by atoms with Crippen molar-refractivity contribution in [2.24, 2.45) is 5.92 Å². The SMILES string of the molecule is Cc1cccc(C(=O)N2CC(CO)C2)c1[N+](=O)[O-]. The zero-order valence-electron chi connectivity index (χ0n) is 10.00. The molecule has 0 aliphatic carbocycles. The van der Waals surface area contributed by atoms with Crippen molar-refractivity contribution in [1.29, 1.82) is 0 Å². The van der Waals surface area contributed by atoms with Gasteiger partial charge in [-0.25, -0.2) is 0 Å². The average Bonchev–Trinajstić information content (AvgIpc) is 2.26. The van der Waals surface area contributed by atoms with Crippen LogP contribution in [-0.4, -0.2) is 40.5 Å². The number of nitro groups is 1. The van der Waals surface area contributed by atoms with E-state index in [4.69, 9.17) is 5.11 Å². The number of rotatable bonds is 3. The summed E-state index contributed by atoms with van der Waals surface area (Å²) in [5.41, 5.74) is 0.469. The van der Waals surface area contributed by atoms with Crippen molar-refractivity contribution in [3.63, 3.8) is 0 Å². The van der Waals surface area contributed by atoms with Crippen LogP contribution < -0.4 is 0 Å². The first-order valence-electron chi connectivity index (χ1n) is 5.68. The second-order valence-electron chi connectivity index (χ2n) is 4.49. The number of hydrogen-bond acceptors (Lipinski definition) is 4. The van der Waals surface area contributed by atoms with E-state index < -0.39 is 4.92 Å². The Balaban J connectivity index is 2.26. The standard InChI is InChI=1S/C12H14N2O4/c1-8-3-2-4-10(11(8)14(17)18)12(16)13-5-9(6-13)7-15/h2-4,9,15H,5-7H2,1H3. The molecule has 1 aromatic carbocycles. The predicted molar refractivity (Wildman–Crippen MR) is 64.3 cm³/mol. The first-order valence-corrected chi connectivity index (χ1v) is 5.68. The Kier molecular flexibility index (Phi) is 3.29. The molecule has 0 radical (unpaired) electrons. The molecular formula is C12H14N2O4. The van der Waals surface area contributed by atoms with Gasteiger partial charge in [0.05, 0.1) is 4.92 Å². The molecule has 2 rings (SSSR count). The van der Waals surface area contributed by atoms with E-state index in [2.05, 4.69) is 0 Å². The van der Waals surface area contributed by atoms with Gasteiger partial charge in [-0.1, -0.05) is 12.1 Å². The minimum absolute atomic E-state index is 0.0414. The number of aliphatic hydroxyl groups excluding tert-OH is 1. The molecule has 0 saturated carbocycles. The van der Waals surface area contributed by atoms with E-state index >= 15 is 0 Å². The highest BCUT2D eigenvalue weighted by Gasteiger charge is 2.34. The van der Waals surface area contributed by atoms with Crippen LogP contribution in [-0.2, 0) is 0 Å². The van der Waals surface area contributed by atoms with Crippen molar-refractivity contribution in [3.05, 3.63) is 39.4 Å². The fraction of sp³-hybridized carbons (Fsp3) is 0.417. The summed E-state index contributed by atoms with van der Waals surface area (Å²) in [5.74, 6) is -0.243. The first-order chi connectivity index (χ1) is 8.54. The molecule has 1 N–H and O–H groups in total. The maximum Gasteiger partial charge on any atom is 0.285 e. The summed E-state index contributed by atoms with van der Waals surface area (Å²) in [5, 5.41) is 19.9. The number of nitro benzene ring substituents is 1. The number of para-hydroxylation sites is 1. The van der Waals surface area contributed by atoms with E-state index in [0.717, 1.165) is 0 Å². The van der Waals surface area contributed by atoms with E-state index in [1.807, 2.05) is 0 Å². The van der Waals surface area contributed by atoms with Gasteiger partial charge in [0.1, 0.15) is 5.56 Å². The molecule has 1 aromatic rings. The van der Waals surface area contributed by atoms with Gasteiger partial charge < -0.3 is 10.0 Å². The van der Waals surface area contributed by atoms with Crippen molar-refractivity contribution >= 4 is 11.6 Å². The molecule has 1 aliphatic heterocycles. The van der Waals surface area contributed by atoms with Gasteiger partial charge in [-0.05, 0) is 13.0 Å². The van der Waals surface area contributed by atoms with Crippen molar-refractivity contribution in [3.8, 4) is 0 Å². The number of aryl methyl sites for hydroxylation is 1. The van der Waals surface area contributed by atoms with Crippen LogP contribution in [0, 0.1) is 23.0 Å². The highest BCUT2D eigenvalue weighted by molar-refractivity contribution is 5.99. The third-order valence-electron chi connectivity index (χ3n) is 3.15. The molecule has 1 amide bonds. The third-order valence-corrected chi connectivity index (χ3v) is 3.15. The van der Waals surface area contributed by atoms with Crippen molar-refractivity contribution in [1.82, 2.24) is 4.90 Å². The lowest BCUT2D eigenvalue weighted by atomic mass is 9.98. The summed E-state index contributed by atoms with van der Waals surface area (Å²) in [6.45, 7) is 2.57. The van der Waals surface area contributed by atoms with Gasteiger partial charge in [0.25, 0.3) is 11.6 Å². The first kappa shape index (κ1) is 12.5. The lowest BCUT2D eigenvalue weighted by molar-refractivity contribution is -0.385. The van der Waals surface area contributed by atoms with Gasteiger partial charge in [0, 0.05) is 31.2 Å². The van der Waals surface area contributed by atoms with Crippen LogP contribution in [0.15, 0.2) is 18.2 Å². The number of hydrogen-bond donors (Lipinski definition) is 1. The second-order valence-corrected chi connectivity index (χ2v) is 4.49. The Morgan fingerprint density at radius 1 is 1.56 bits per heavy atom. The second kappa shape index (κ2) is 4.73. The summed E-state index contributed by atoms with van der Waals surface area (Å²) in [7, 11) is 0. The molecule has 0 aromatic heterocycles. The van der Waals surface area contributed by atoms with E-state index in [9.17, 15) is 14.9 Å². The van der Waals surface area contributed by atoms with Crippen molar-refractivity contribution in [2.45, 2.75) is 6.92 Å². The largest absolute Gasteiger partial charge is 0.396 e. The molecule has 1 fully saturated rings. The van der Waals surface area contributed by atoms with Crippen LogP contribution in [0.2, 0.25) is 0 Å². The lowest BCUT2D eigenvalue weighted by Gasteiger charge is -2.38. The minimum Gasteiger partial charge on any atom is -0.396 e. The van der Waals surface area contributed by atoms with Gasteiger partial charge in [0.15, 0.2) is 0 Å². The number of carbonyl (C=O) groups excluding carboxylic acids is 1.